The molecule has 0 heterocycles. The maximum absolute atomic E-state index is 12.1. The van der Waals surface area contributed by atoms with Crippen LogP contribution in [0.3, 0.4) is 0 Å². The van der Waals surface area contributed by atoms with E-state index < -0.39 is 5.41 Å². The molecule has 4 N–H and O–H groups in total. The summed E-state index contributed by atoms with van der Waals surface area (Å²) in [6.07, 6.45) is 1.22. The highest BCUT2D eigenvalue weighted by Crippen LogP contribution is 2.45. The van der Waals surface area contributed by atoms with Crippen LogP contribution in [0.4, 0.5) is 0 Å². The van der Waals surface area contributed by atoms with Crippen LogP contribution in [-0.2, 0) is 14.3 Å². The first-order valence-electron chi connectivity index (χ1n) is 6.40. The van der Waals surface area contributed by atoms with Gasteiger partial charge < -0.3 is 25.7 Å². The molecule has 0 spiro atoms. The molecule has 0 unspecified atom stereocenters. The summed E-state index contributed by atoms with van der Waals surface area (Å²) in [7, 11) is 1.60. The van der Waals surface area contributed by atoms with Gasteiger partial charge in [0.25, 0.3) is 0 Å². The number of oxime groups is 1. The van der Waals surface area contributed by atoms with E-state index in [9.17, 15) is 4.79 Å². The highest BCUT2D eigenvalue weighted by Gasteiger charge is 2.51. The van der Waals surface area contributed by atoms with Gasteiger partial charge in [0.05, 0.1) is 19.8 Å². The summed E-state index contributed by atoms with van der Waals surface area (Å²) in [5.74, 6) is 0.198. The molecule has 0 aromatic heterocycles. The van der Waals surface area contributed by atoms with Crippen molar-refractivity contribution in [2.24, 2.45) is 22.2 Å². The standard InChI is InChI=1S/C12H23N3O4/c1-9-7-12(8-9,10(13)15-17)11(16)14-3-4-19-6-5-18-2/h9,17H,3-8H2,1-2H3,(H2,13,15)(H,14,16). The van der Waals surface area contributed by atoms with Crippen molar-refractivity contribution in [3.8, 4) is 0 Å². The molecule has 0 radical (unpaired) electrons. The number of hydrogen-bond donors (Lipinski definition) is 3. The predicted octanol–water partition coefficient (Wildman–Crippen LogP) is -0.0717. The van der Waals surface area contributed by atoms with Crippen LogP contribution in [0.1, 0.15) is 19.8 Å². The fourth-order valence-electron chi connectivity index (χ4n) is 2.39. The lowest BCUT2D eigenvalue weighted by Gasteiger charge is -2.43. The van der Waals surface area contributed by atoms with Crippen LogP contribution in [0.25, 0.3) is 0 Å². The average molecular weight is 273 g/mol. The first-order chi connectivity index (χ1) is 9.06. The summed E-state index contributed by atoms with van der Waals surface area (Å²) >= 11 is 0. The van der Waals surface area contributed by atoms with E-state index >= 15 is 0 Å². The summed E-state index contributed by atoms with van der Waals surface area (Å²) < 4.78 is 10.1. The van der Waals surface area contributed by atoms with Crippen molar-refractivity contribution < 1.29 is 19.5 Å². The number of carbonyl (C=O) groups excluding carboxylic acids is 1. The van der Waals surface area contributed by atoms with Crippen LogP contribution in [0.5, 0.6) is 0 Å². The van der Waals surface area contributed by atoms with Gasteiger partial charge in [0.15, 0.2) is 5.84 Å². The van der Waals surface area contributed by atoms with E-state index in [1.54, 1.807) is 7.11 Å². The van der Waals surface area contributed by atoms with Gasteiger partial charge in [-0.05, 0) is 18.8 Å². The van der Waals surface area contributed by atoms with Crippen LogP contribution in [0, 0.1) is 11.3 Å². The molecule has 1 fully saturated rings. The summed E-state index contributed by atoms with van der Waals surface area (Å²) in [5.41, 5.74) is 4.79. The first-order valence-corrected chi connectivity index (χ1v) is 6.40. The van der Waals surface area contributed by atoms with Gasteiger partial charge in [-0.1, -0.05) is 12.1 Å². The topological polar surface area (TPSA) is 106 Å². The Morgan fingerprint density at radius 3 is 2.68 bits per heavy atom. The summed E-state index contributed by atoms with van der Waals surface area (Å²) in [5, 5.41) is 14.5. The Balaban J connectivity index is 2.34. The van der Waals surface area contributed by atoms with Gasteiger partial charge in [-0.25, -0.2) is 0 Å². The van der Waals surface area contributed by atoms with Gasteiger partial charge in [-0.15, -0.1) is 0 Å². The van der Waals surface area contributed by atoms with Gasteiger partial charge in [-0.3, -0.25) is 4.79 Å². The van der Waals surface area contributed by atoms with Crippen molar-refractivity contribution in [2.75, 3.05) is 33.5 Å². The van der Waals surface area contributed by atoms with Crippen molar-refractivity contribution in [1.82, 2.24) is 5.32 Å². The predicted molar refractivity (Wildman–Crippen MR) is 69.9 cm³/mol. The highest BCUT2D eigenvalue weighted by atomic mass is 16.5. The highest BCUT2D eigenvalue weighted by molar-refractivity contribution is 6.07. The second-order valence-electron chi connectivity index (χ2n) is 4.94. The van der Waals surface area contributed by atoms with Gasteiger partial charge in [0.1, 0.15) is 5.41 Å². The summed E-state index contributed by atoms with van der Waals surface area (Å²) in [6, 6.07) is 0. The Bertz CT molecular complexity index is 327. The van der Waals surface area contributed by atoms with Gasteiger partial charge in [0.2, 0.25) is 5.91 Å². The quantitative estimate of drug-likeness (QED) is 0.189. The number of amidine groups is 1. The zero-order valence-electron chi connectivity index (χ0n) is 11.5. The molecular formula is C12H23N3O4. The van der Waals surface area contributed by atoms with Gasteiger partial charge >= 0.3 is 0 Å². The van der Waals surface area contributed by atoms with Crippen LogP contribution in [-0.4, -0.2) is 50.4 Å². The third-order valence-corrected chi connectivity index (χ3v) is 3.39. The number of methoxy groups -OCH3 is 1. The van der Waals surface area contributed by atoms with Gasteiger partial charge in [0, 0.05) is 13.7 Å². The number of nitrogens with zero attached hydrogens (tertiary/aromatic N) is 1. The number of amides is 1. The smallest absolute Gasteiger partial charge is 0.234 e. The van der Waals surface area contributed by atoms with E-state index in [0.717, 1.165) is 0 Å². The maximum atomic E-state index is 12.1. The van der Waals surface area contributed by atoms with Crippen molar-refractivity contribution in [1.29, 1.82) is 0 Å². The van der Waals surface area contributed by atoms with Crippen LogP contribution in [0.15, 0.2) is 5.16 Å². The Morgan fingerprint density at radius 2 is 2.16 bits per heavy atom. The monoisotopic (exact) mass is 273 g/mol. The Kier molecular flexibility index (Phi) is 6.04. The second-order valence-corrected chi connectivity index (χ2v) is 4.94. The number of nitrogens with two attached hydrogens (primary N) is 1. The Labute approximate surface area is 113 Å². The third kappa shape index (κ3) is 3.81. The van der Waals surface area contributed by atoms with E-state index in [1.165, 1.54) is 0 Å². The van der Waals surface area contributed by atoms with Crippen molar-refractivity contribution in [3.63, 3.8) is 0 Å². The van der Waals surface area contributed by atoms with E-state index in [-0.39, 0.29) is 11.7 Å². The zero-order chi connectivity index (χ0) is 14.3. The number of rotatable bonds is 8. The molecule has 1 amide bonds. The molecule has 1 aliphatic carbocycles. The Hall–Kier alpha value is -1.34. The minimum absolute atomic E-state index is 0.0107. The molecule has 1 aliphatic rings. The fraction of sp³-hybridized carbons (Fsp3) is 0.833. The van der Waals surface area contributed by atoms with E-state index in [1.807, 2.05) is 6.92 Å². The number of carbonyl (C=O) groups is 1. The van der Waals surface area contributed by atoms with E-state index in [2.05, 4.69) is 10.5 Å². The molecule has 19 heavy (non-hydrogen) atoms. The molecule has 0 aliphatic heterocycles. The number of hydrogen-bond acceptors (Lipinski definition) is 5. The number of ether oxygens (including phenoxy) is 2. The van der Waals surface area contributed by atoms with Crippen molar-refractivity contribution >= 4 is 11.7 Å². The van der Waals surface area contributed by atoms with E-state index in [4.69, 9.17) is 20.4 Å². The molecule has 1 rings (SSSR count). The molecule has 0 saturated heterocycles. The molecule has 7 heteroatoms. The Morgan fingerprint density at radius 1 is 1.47 bits per heavy atom. The van der Waals surface area contributed by atoms with Crippen LogP contribution >= 0.6 is 0 Å². The second kappa shape index (κ2) is 7.30. The summed E-state index contributed by atoms with van der Waals surface area (Å²) in [6.45, 7) is 3.87. The molecule has 1 saturated carbocycles. The summed E-state index contributed by atoms with van der Waals surface area (Å²) in [4.78, 5) is 12.1. The molecule has 0 aromatic rings. The molecule has 0 aromatic carbocycles. The zero-order valence-corrected chi connectivity index (χ0v) is 11.5. The number of nitrogens with one attached hydrogen (secondary N) is 1. The van der Waals surface area contributed by atoms with Gasteiger partial charge in [-0.2, -0.15) is 0 Å². The van der Waals surface area contributed by atoms with Crippen molar-refractivity contribution in [2.45, 2.75) is 19.8 Å². The minimum Gasteiger partial charge on any atom is -0.409 e. The molecule has 7 nitrogen and oxygen atoms in total. The third-order valence-electron chi connectivity index (χ3n) is 3.39. The lowest BCUT2D eigenvalue weighted by Crippen LogP contribution is -2.57. The van der Waals surface area contributed by atoms with Crippen molar-refractivity contribution in [3.05, 3.63) is 0 Å². The molecular weight excluding hydrogens is 250 g/mol. The first kappa shape index (κ1) is 15.7. The SMILES string of the molecule is COCCOCCNC(=O)C1(C(N)=NO)CC(C)C1. The largest absolute Gasteiger partial charge is 0.409 e. The van der Waals surface area contributed by atoms with Crippen LogP contribution < -0.4 is 11.1 Å². The lowest BCUT2D eigenvalue weighted by molar-refractivity contribution is -0.133. The maximum Gasteiger partial charge on any atom is 0.234 e. The molecule has 0 atom stereocenters. The van der Waals surface area contributed by atoms with Crippen LogP contribution in [0.2, 0.25) is 0 Å². The fourth-order valence-corrected chi connectivity index (χ4v) is 2.39. The normalized spacial score (nSPS) is 26.8. The minimum atomic E-state index is -0.847. The molecule has 0 bridgehead atoms. The average Bonchev–Trinajstić information content (AvgIpc) is 2.37. The lowest BCUT2D eigenvalue weighted by atomic mass is 9.61. The van der Waals surface area contributed by atoms with E-state index in [0.29, 0.717) is 45.1 Å². The molecule has 110 valence electrons.